The third-order valence-electron chi connectivity index (χ3n) is 1.84. The fourth-order valence-corrected chi connectivity index (χ4v) is 2.12. The van der Waals surface area contributed by atoms with E-state index in [1.54, 1.807) is 0 Å². The molecular formula is C9H21NO3S. The van der Waals surface area contributed by atoms with E-state index in [4.69, 9.17) is 10.5 Å². The van der Waals surface area contributed by atoms with Crippen molar-refractivity contribution in [3.63, 3.8) is 0 Å². The van der Waals surface area contributed by atoms with Gasteiger partial charge in [-0.25, -0.2) is 8.42 Å². The highest BCUT2D eigenvalue weighted by Crippen LogP contribution is 1.95. The van der Waals surface area contributed by atoms with Crippen molar-refractivity contribution in [1.82, 2.24) is 0 Å². The predicted molar refractivity (Wildman–Crippen MR) is 58.1 cm³/mol. The smallest absolute Gasteiger partial charge is 0.152 e. The quantitative estimate of drug-likeness (QED) is 0.580. The van der Waals surface area contributed by atoms with Crippen LogP contribution in [-0.4, -0.2) is 39.7 Å². The van der Waals surface area contributed by atoms with Crippen molar-refractivity contribution >= 4 is 9.84 Å². The molecule has 0 spiro atoms. The van der Waals surface area contributed by atoms with Crippen molar-refractivity contribution in [3.8, 4) is 0 Å². The molecule has 0 aliphatic heterocycles. The topological polar surface area (TPSA) is 69.4 Å². The molecule has 0 amide bonds. The van der Waals surface area contributed by atoms with E-state index >= 15 is 0 Å². The van der Waals surface area contributed by atoms with Gasteiger partial charge in [0.1, 0.15) is 0 Å². The number of hydrogen-bond acceptors (Lipinski definition) is 4. The Morgan fingerprint density at radius 3 is 2.43 bits per heavy atom. The number of hydrogen-bond donors (Lipinski definition) is 1. The lowest BCUT2D eigenvalue weighted by molar-refractivity contribution is 0.146. The van der Waals surface area contributed by atoms with E-state index in [1.165, 1.54) is 0 Å². The molecule has 0 bridgehead atoms. The maximum Gasteiger partial charge on any atom is 0.152 e. The van der Waals surface area contributed by atoms with Crippen LogP contribution in [0.25, 0.3) is 0 Å². The molecule has 2 N–H and O–H groups in total. The van der Waals surface area contributed by atoms with Gasteiger partial charge in [0.2, 0.25) is 0 Å². The molecule has 0 aromatic carbocycles. The summed E-state index contributed by atoms with van der Waals surface area (Å²) in [5.74, 6) is 0.303. The van der Waals surface area contributed by atoms with Crippen LogP contribution in [0.4, 0.5) is 0 Å². The van der Waals surface area contributed by atoms with Gasteiger partial charge in [-0.2, -0.15) is 0 Å². The minimum Gasteiger partial charge on any atom is -0.380 e. The SMILES string of the molecule is CCCCOCCS(=O)(=O)CCCN. The van der Waals surface area contributed by atoms with E-state index < -0.39 is 9.84 Å². The molecule has 0 radical (unpaired) electrons. The van der Waals surface area contributed by atoms with Gasteiger partial charge in [-0.1, -0.05) is 13.3 Å². The molecule has 0 heterocycles. The normalized spacial score (nSPS) is 11.9. The van der Waals surface area contributed by atoms with Crippen molar-refractivity contribution in [3.05, 3.63) is 0 Å². The van der Waals surface area contributed by atoms with Gasteiger partial charge < -0.3 is 10.5 Å². The van der Waals surface area contributed by atoms with E-state index in [1.807, 2.05) is 0 Å². The summed E-state index contributed by atoms with van der Waals surface area (Å²) in [5.41, 5.74) is 5.23. The highest BCUT2D eigenvalue weighted by Gasteiger charge is 2.09. The summed E-state index contributed by atoms with van der Waals surface area (Å²) >= 11 is 0. The van der Waals surface area contributed by atoms with Gasteiger partial charge in [0, 0.05) is 6.61 Å². The first kappa shape index (κ1) is 13.9. The number of rotatable bonds is 9. The Hall–Kier alpha value is -0.130. The van der Waals surface area contributed by atoms with Gasteiger partial charge in [0.05, 0.1) is 18.1 Å². The van der Waals surface area contributed by atoms with Crippen LogP contribution < -0.4 is 5.73 Å². The zero-order valence-corrected chi connectivity index (χ0v) is 9.68. The third-order valence-corrected chi connectivity index (χ3v) is 3.54. The highest BCUT2D eigenvalue weighted by molar-refractivity contribution is 7.91. The lowest BCUT2D eigenvalue weighted by atomic mass is 10.4. The van der Waals surface area contributed by atoms with Crippen molar-refractivity contribution in [1.29, 1.82) is 0 Å². The fraction of sp³-hybridized carbons (Fsp3) is 1.00. The second kappa shape index (κ2) is 8.20. The standard InChI is InChI=1S/C9H21NO3S/c1-2-3-6-13-7-9-14(11,12)8-4-5-10/h2-10H2,1H3. The van der Waals surface area contributed by atoms with Gasteiger partial charge in [-0.05, 0) is 19.4 Å². The number of unbranched alkanes of at least 4 members (excludes halogenated alkanes) is 1. The Morgan fingerprint density at radius 1 is 1.14 bits per heavy atom. The molecule has 14 heavy (non-hydrogen) atoms. The molecule has 0 aromatic heterocycles. The van der Waals surface area contributed by atoms with Crippen LogP contribution in [0.15, 0.2) is 0 Å². The maximum absolute atomic E-state index is 11.3. The Bertz CT molecular complexity index is 214. The first-order valence-corrected chi connectivity index (χ1v) is 6.92. The average Bonchev–Trinajstić information content (AvgIpc) is 2.15. The minimum atomic E-state index is -2.94. The van der Waals surface area contributed by atoms with E-state index in [9.17, 15) is 8.42 Å². The zero-order valence-electron chi connectivity index (χ0n) is 8.87. The van der Waals surface area contributed by atoms with Gasteiger partial charge in [-0.3, -0.25) is 0 Å². The number of ether oxygens (including phenoxy) is 1. The molecule has 0 fully saturated rings. The minimum absolute atomic E-state index is 0.122. The number of nitrogens with two attached hydrogens (primary N) is 1. The molecule has 0 aliphatic carbocycles. The average molecular weight is 223 g/mol. The van der Waals surface area contributed by atoms with Crippen LogP contribution in [0, 0.1) is 0 Å². The maximum atomic E-state index is 11.3. The summed E-state index contributed by atoms with van der Waals surface area (Å²) in [6.45, 7) is 3.47. The van der Waals surface area contributed by atoms with Gasteiger partial charge in [0.25, 0.3) is 0 Å². The zero-order chi connectivity index (χ0) is 10.9. The van der Waals surface area contributed by atoms with E-state index in [0.717, 1.165) is 12.8 Å². The summed E-state index contributed by atoms with van der Waals surface area (Å²) in [6, 6.07) is 0. The molecule has 0 saturated carbocycles. The van der Waals surface area contributed by atoms with Crippen molar-refractivity contribution in [2.45, 2.75) is 26.2 Å². The van der Waals surface area contributed by atoms with Crippen molar-refractivity contribution < 1.29 is 13.2 Å². The van der Waals surface area contributed by atoms with E-state index in [-0.39, 0.29) is 11.5 Å². The Balaban J connectivity index is 3.46. The largest absolute Gasteiger partial charge is 0.380 e. The van der Waals surface area contributed by atoms with Crippen molar-refractivity contribution in [2.24, 2.45) is 5.73 Å². The van der Waals surface area contributed by atoms with E-state index in [2.05, 4.69) is 6.92 Å². The van der Waals surface area contributed by atoms with Crippen LogP contribution in [0.5, 0.6) is 0 Å². The van der Waals surface area contributed by atoms with Crippen molar-refractivity contribution in [2.75, 3.05) is 31.3 Å². The lowest BCUT2D eigenvalue weighted by Gasteiger charge is -2.04. The highest BCUT2D eigenvalue weighted by atomic mass is 32.2. The third kappa shape index (κ3) is 8.47. The molecule has 0 saturated heterocycles. The first-order chi connectivity index (χ1) is 6.62. The summed E-state index contributed by atoms with van der Waals surface area (Å²) in [6.07, 6.45) is 2.60. The summed E-state index contributed by atoms with van der Waals surface area (Å²) < 4.78 is 27.8. The summed E-state index contributed by atoms with van der Waals surface area (Å²) in [7, 11) is -2.94. The molecule has 0 rings (SSSR count). The molecule has 0 aliphatic rings. The number of sulfone groups is 1. The summed E-state index contributed by atoms with van der Waals surface area (Å²) in [4.78, 5) is 0. The molecule has 0 unspecified atom stereocenters. The first-order valence-electron chi connectivity index (χ1n) is 5.10. The predicted octanol–water partition coefficient (Wildman–Crippen LogP) is 0.567. The fourth-order valence-electron chi connectivity index (χ4n) is 0.940. The second-order valence-electron chi connectivity index (χ2n) is 3.26. The Kier molecular flexibility index (Phi) is 8.12. The molecule has 5 heteroatoms. The van der Waals surface area contributed by atoms with Gasteiger partial charge >= 0.3 is 0 Å². The van der Waals surface area contributed by atoms with Crippen LogP contribution >= 0.6 is 0 Å². The van der Waals surface area contributed by atoms with Gasteiger partial charge in [0.15, 0.2) is 9.84 Å². The molecule has 0 atom stereocenters. The Labute approximate surface area is 86.7 Å². The lowest BCUT2D eigenvalue weighted by Crippen LogP contribution is -2.18. The van der Waals surface area contributed by atoms with Gasteiger partial charge in [-0.15, -0.1) is 0 Å². The van der Waals surface area contributed by atoms with E-state index in [0.29, 0.717) is 26.2 Å². The van der Waals surface area contributed by atoms with Crippen LogP contribution in [-0.2, 0) is 14.6 Å². The van der Waals surface area contributed by atoms with Crippen LogP contribution in [0.2, 0.25) is 0 Å². The Morgan fingerprint density at radius 2 is 1.86 bits per heavy atom. The van der Waals surface area contributed by atoms with Crippen LogP contribution in [0.1, 0.15) is 26.2 Å². The summed E-state index contributed by atoms with van der Waals surface area (Å²) in [5, 5.41) is 0. The molecule has 0 aromatic rings. The molecule has 86 valence electrons. The molecular weight excluding hydrogens is 202 g/mol. The molecule has 4 nitrogen and oxygen atoms in total. The second-order valence-corrected chi connectivity index (χ2v) is 5.56. The van der Waals surface area contributed by atoms with Crippen LogP contribution in [0.3, 0.4) is 0 Å². The monoisotopic (exact) mass is 223 g/mol.